The van der Waals surface area contributed by atoms with Crippen LogP contribution in [0.5, 0.6) is 0 Å². The number of methoxy groups -OCH3 is 1. The van der Waals surface area contributed by atoms with Crippen LogP contribution in [0.15, 0.2) is 0 Å². The molecular weight excluding hydrogens is 346 g/mol. The number of rotatable bonds is 6. The fourth-order valence-electron chi connectivity index (χ4n) is 4.23. The zero-order chi connectivity index (χ0) is 20.2. The molecule has 1 aliphatic heterocycles. The van der Waals surface area contributed by atoms with E-state index in [9.17, 15) is 9.59 Å². The predicted molar refractivity (Wildman–Crippen MR) is 103 cm³/mol. The Kier molecular flexibility index (Phi) is 7.69. The van der Waals surface area contributed by atoms with Crippen LogP contribution in [0.3, 0.4) is 0 Å². The molecule has 6 heteroatoms. The van der Waals surface area contributed by atoms with Gasteiger partial charge < -0.3 is 14.2 Å². The Bertz CT molecular complexity index is 505. The predicted octanol–water partition coefficient (Wildman–Crippen LogP) is 3.52. The Labute approximate surface area is 163 Å². The molecule has 1 heterocycles. The van der Waals surface area contributed by atoms with Gasteiger partial charge in [0.25, 0.3) is 0 Å². The number of hydrogen-bond acceptors (Lipinski definition) is 6. The van der Waals surface area contributed by atoms with E-state index in [4.69, 9.17) is 14.2 Å². The summed E-state index contributed by atoms with van der Waals surface area (Å²) in [5, 5.41) is 0. The van der Waals surface area contributed by atoms with Crippen molar-refractivity contribution in [1.29, 1.82) is 0 Å². The zero-order valence-electron chi connectivity index (χ0n) is 17.8. The van der Waals surface area contributed by atoms with Crippen molar-refractivity contribution >= 4 is 11.9 Å². The van der Waals surface area contributed by atoms with Gasteiger partial charge in [0, 0.05) is 12.6 Å². The Morgan fingerprint density at radius 2 is 1.67 bits per heavy atom. The van der Waals surface area contributed by atoms with Crippen LogP contribution in [0.2, 0.25) is 0 Å². The van der Waals surface area contributed by atoms with Gasteiger partial charge >= 0.3 is 11.9 Å². The summed E-state index contributed by atoms with van der Waals surface area (Å²) in [4.78, 5) is 26.9. The van der Waals surface area contributed by atoms with E-state index in [0.717, 1.165) is 45.1 Å². The third-order valence-corrected chi connectivity index (χ3v) is 5.55. The minimum absolute atomic E-state index is 0.0307. The molecule has 2 rings (SSSR count). The van der Waals surface area contributed by atoms with Crippen molar-refractivity contribution in [3.63, 3.8) is 0 Å². The maximum atomic E-state index is 12.9. The molecule has 156 valence electrons. The molecule has 2 aliphatic rings. The van der Waals surface area contributed by atoms with E-state index in [1.54, 1.807) is 0 Å². The summed E-state index contributed by atoms with van der Waals surface area (Å²) in [6, 6.07) is 0.328. The van der Waals surface area contributed by atoms with Gasteiger partial charge in [-0.1, -0.05) is 13.8 Å². The number of esters is 2. The summed E-state index contributed by atoms with van der Waals surface area (Å²) in [7, 11) is 1.43. The fourth-order valence-corrected chi connectivity index (χ4v) is 4.23. The van der Waals surface area contributed by atoms with Crippen molar-refractivity contribution in [3.05, 3.63) is 0 Å². The average molecular weight is 384 g/mol. The van der Waals surface area contributed by atoms with Gasteiger partial charge in [-0.3, -0.25) is 9.69 Å². The lowest BCUT2D eigenvalue weighted by molar-refractivity contribution is -0.194. The average Bonchev–Trinajstić information content (AvgIpc) is 3.07. The zero-order valence-corrected chi connectivity index (χ0v) is 17.8. The van der Waals surface area contributed by atoms with Crippen LogP contribution in [-0.2, 0) is 23.8 Å². The van der Waals surface area contributed by atoms with Crippen molar-refractivity contribution in [3.8, 4) is 0 Å². The third kappa shape index (κ3) is 6.18. The summed E-state index contributed by atoms with van der Waals surface area (Å²) in [5.41, 5.74) is -0.547. The molecule has 1 unspecified atom stereocenters. The molecule has 0 spiro atoms. The highest BCUT2D eigenvalue weighted by atomic mass is 16.6. The number of nitrogens with zero attached hydrogens (tertiary/aromatic N) is 1. The van der Waals surface area contributed by atoms with Crippen molar-refractivity contribution in [1.82, 2.24) is 4.90 Å². The number of carbonyl (C=O) groups is 2. The minimum atomic E-state index is -0.668. The van der Waals surface area contributed by atoms with Crippen molar-refractivity contribution in [2.24, 2.45) is 11.8 Å². The second-order valence-electron chi connectivity index (χ2n) is 9.21. The third-order valence-electron chi connectivity index (χ3n) is 5.55. The maximum Gasteiger partial charge on any atom is 0.351 e. The van der Waals surface area contributed by atoms with Crippen molar-refractivity contribution < 1.29 is 23.8 Å². The molecule has 0 aromatic carbocycles. The van der Waals surface area contributed by atoms with E-state index in [0.29, 0.717) is 12.0 Å². The van der Waals surface area contributed by atoms with Crippen LogP contribution in [0, 0.1) is 11.8 Å². The molecule has 0 aromatic rings. The lowest BCUT2D eigenvalue weighted by Crippen LogP contribution is -2.51. The Balaban J connectivity index is 2.06. The normalized spacial score (nSPS) is 28.2. The van der Waals surface area contributed by atoms with E-state index in [2.05, 4.69) is 18.7 Å². The van der Waals surface area contributed by atoms with Gasteiger partial charge in [-0.05, 0) is 65.2 Å². The standard InChI is InChI=1S/C21H37NO5/c1-14(2)17-8-7-13-22(17)18(20(24)27-21(3,4)5)26-16-11-9-15(10-12-16)19(23)25-6/h14-18H,7-13H2,1-6H3/t15?,16?,17-,18?/m0/s1. The van der Waals surface area contributed by atoms with E-state index in [-0.39, 0.29) is 24.0 Å². The van der Waals surface area contributed by atoms with E-state index < -0.39 is 11.8 Å². The van der Waals surface area contributed by atoms with E-state index in [1.165, 1.54) is 7.11 Å². The summed E-state index contributed by atoms with van der Waals surface area (Å²) in [5.74, 6) is -0.0391. The largest absolute Gasteiger partial charge is 0.469 e. The molecule has 1 aliphatic carbocycles. The molecule has 0 N–H and O–H groups in total. The van der Waals surface area contributed by atoms with Gasteiger partial charge in [0.15, 0.2) is 0 Å². The molecule has 0 amide bonds. The Hall–Kier alpha value is -1.14. The first-order valence-electron chi connectivity index (χ1n) is 10.3. The van der Waals surface area contributed by atoms with Crippen LogP contribution in [0.1, 0.15) is 73.1 Å². The quantitative estimate of drug-likeness (QED) is 0.654. The molecular formula is C21H37NO5. The molecule has 2 atom stereocenters. The molecule has 0 radical (unpaired) electrons. The highest BCUT2D eigenvalue weighted by Gasteiger charge is 2.41. The summed E-state index contributed by atoms with van der Waals surface area (Å²) >= 11 is 0. The summed E-state index contributed by atoms with van der Waals surface area (Å²) in [6.45, 7) is 10.9. The van der Waals surface area contributed by atoms with Gasteiger partial charge in [-0.15, -0.1) is 0 Å². The first-order chi connectivity index (χ1) is 12.6. The fraction of sp³-hybridized carbons (Fsp3) is 0.905. The second-order valence-corrected chi connectivity index (χ2v) is 9.21. The second kappa shape index (κ2) is 9.37. The molecule has 1 saturated carbocycles. The van der Waals surface area contributed by atoms with E-state index >= 15 is 0 Å². The molecule has 2 fully saturated rings. The lowest BCUT2D eigenvalue weighted by Gasteiger charge is -2.38. The first kappa shape index (κ1) is 22.2. The van der Waals surface area contributed by atoms with Crippen LogP contribution in [0.4, 0.5) is 0 Å². The highest BCUT2D eigenvalue weighted by Crippen LogP contribution is 2.32. The highest BCUT2D eigenvalue weighted by molar-refractivity contribution is 5.75. The maximum absolute atomic E-state index is 12.9. The first-order valence-corrected chi connectivity index (χ1v) is 10.3. The van der Waals surface area contributed by atoms with Gasteiger partial charge in [0.05, 0.1) is 19.1 Å². The van der Waals surface area contributed by atoms with Gasteiger partial charge in [0.2, 0.25) is 6.23 Å². The topological polar surface area (TPSA) is 65.1 Å². The monoisotopic (exact) mass is 383 g/mol. The van der Waals surface area contributed by atoms with E-state index in [1.807, 2.05) is 20.8 Å². The molecule has 0 bridgehead atoms. The lowest BCUT2D eigenvalue weighted by atomic mass is 9.87. The smallest absolute Gasteiger partial charge is 0.351 e. The molecule has 0 aromatic heterocycles. The van der Waals surface area contributed by atoms with Gasteiger partial charge in [-0.25, -0.2) is 4.79 Å². The van der Waals surface area contributed by atoms with Crippen LogP contribution in [0.25, 0.3) is 0 Å². The Morgan fingerprint density at radius 3 is 2.19 bits per heavy atom. The van der Waals surface area contributed by atoms with Crippen LogP contribution < -0.4 is 0 Å². The number of ether oxygens (including phenoxy) is 3. The van der Waals surface area contributed by atoms with Crippen molar-refractivity contribution in [2.75, 3.05) is 13.7 Å². The van der Waals surface area contributed by atoms with Crippen LogP contribution >= 0.6 is 0 Å². The number of likely N-dealkylation sites (tertiary alicyclic amines) is 1. The SMILES string of the molecule is COC(=O)C1CCC(OC(C(=O)OC(C)(C)C)N2CCC[C@H]2C(C)C)CC1. The summed E-state index contributed by atoms with van der Waals surface area (Å²) in [6.07, 6.45) is 4.46. The number of hydrogen-bond donors (Lipinski definition) is 0. The van der Waals surface area contributed by atoms with Crippen LogP contribution in [-0.4, -0.2) is 54.5 Å². The minimum Gasteiger partial charge on any atom is -0.469 e. The molecule has 27 heavy (non-hydrogen) atoms. The number of carbonyl (C=O) groups excluding carboxylic acids is 2. The van der Waals surface area contributed by atoms with Gasteiger partial charge in [0.1, 0.15) is 5.60 Å². The molecule has 6 nitrogen and oxygen atoms in total. The Morgan fingerprint density at radius 1 is 1.04 bits per heavy atom. The van der Waals surface area contributed by atoms with Gasteiger partial charge in [-0.2, -0.15) is 0 Å². The van der Waals surface area contributed by atoms with Crippen molar-refractivity contribution in [2.45, 2.75) is 97.1 Å². The summed E-state index contributed by atoms with van der Waals surface area (Å²) < 4.78 is 16.9. The molecule has 1 saturated heterocycles.